The van der Waals surface area contributed by atoms with E-state index in [1.807, 2.05) is 29.6 Å². The zero-order valence-corrected chi connectivity index (χ0v) is 11.7. The molecule has 1 heterocycles. The number of carbonyl (C=O) groups excluding carboxylic acids is 1. The highest BCUT2D eigenvalue weighted by atomic mass is 32.1. The van der Waals surface area contributed by atoms with Crippen LogP contribution in [-0.2, 0) is 6.54 Å². The van der Waals surface area contributed by atoms with Crippen LogP contribution in [0.15, 0.2) is 35.7 Å². The van der Waals surface area contributed by atoms with Gasteiger partial charge in [0.2, 0.25) is 0 Å². The van der Waals surface area contributed by atoms with Gasteiger partial charge in [0.15, 0.2) is 0 Å². The fourth-order valence-electron chi connectivity index (χ4n) is 1.76. The van der Waals surface area contributed by atoms with E-state index >= 15 is 0 Å². The maximum Gasteiger partial charge on any atom is 0.267 e. The van der Waals surface area contributed by atoms with Crippen molar-refractivity contribution in [1.82, 2.24) is 4.90 Å². The molecule has 5 heteroatoms. The molecule has 0 unspecified atom stereocenters. The standard InChI is InChI=1S/C14H16N2O2S/c1-16(9-10-3-5-11(15)6-4-10)14(17)13-12(18-2)7-8-19-13/h3-8H,9,15H2,1-2H3. The van der Waals surface area contributed by atoms with Gasteiger partial charge in [-0.15, -0.1) is 11.3 Å². The minimum atomic E-state index is -0.0383. The number of methoxy groups -OCH3 is 1. The third-order valence-corrected chi connectivity index (χ3v) is 3.67. The number of rotatable bonds is 4. The summed E-state index contributed by atoms with van der Waals surface area (Å²) in [4.78, 5) is 14.6. The molecular formula is C14H16N2O2S. The first-order valence-corrected chi connectivity index (χ1v) is 6.71. The number of nitrogens with two attached hydrogens (primary N) is 1. The molecule has 4 nitrogen and oxygen atoms in total. The number of hydrogen-bond donors (Lipinski definition) is 1. The van der Waals surface area contributed by atoms with E-state index in [0.717, 1.165) is 11.3 Å². The maximum absolute atomic E-state index is 12.3. The summed E-state index contributed by atoms with van der Waals surface area (Å²) in [7, 11) is 3.34. The van der Waals surface area contributed by atoms with Crippen molar-refractivity contribution in [3.8, 4) is 5.75 Å². The molecule has 100 valence electrons. The molecule has 0 saturated carbocycles. The second kappa shape index (κ2) is 5.75. The normalized spacial score (nSPS) is 10.2. The molecule has 1 amide bonds. The van der Waals surface area contributed by atoms with Gasteiger partial charge < -0.3 is 15.4 Å². The molecule has 0 aliphatic heterocycles. The van der Waals surface area contributed by atoms with Crippen LogP contribution in [0.25, 0.3) is 0 Å². The highest BCUT2D eigenvalue weighted by Crippen LogP contribution is 2.26. The molecule has 19 heavy (non-hydrogen) atoms. The molecule has 0 aliphatic carbocycles. The first-order valence-electron chi connectivity index (χ1n) is 5.83. The third-order valence-electron chi connectivity index (χ3n) is 2.79. The van der Waals surface area contributed by atoms with E-state index in [2.05, 4.69) is 0 Å². The number of amides is 1. The van der Waals surface area contributed by atoms with Gasteiger partial charge in [-0.05, 0) is 29.1 Å². The van der Waals surface area contributed by atoms with Crippen LogP contribution in [0.1, 0.15) is 15.2 Å². The van der Waals surface area contributed by atoms with E-state index in [9.17, 15) is 4.79 Å². The summed E-state index contributed by atoms with van der Waals surface area (Å²) >= 11 is 1.39. The Labute approximate surface area is 116 Å². The quantitative estimate of drug-likeness (QED) is 0.873. The molecule has 0 aliphatic rings. The average Bonchev–Trinajstić information content (AvgIpc) is 2.88. The largest absolute Gasteiger partial charge is 0.495 e. The Morgan fingerprint density at radius 3 is 2.63 bits per heavy atom. The van der Waals surface area contributed by atoms with Crippen molar-refractivity contribution in [3.05, 3.63) is 46.2 Å². The molecule has 0 atom stereocenters. The fraction of sp³-hybridized carbons (Fsp3) is 0.214. The summed E-state index contributed by atoms with van der Waals surface area (Å²) in [5, 5.41) is 1.85. The molecule has 2 aromatic rings. The highest BCUT2D eigenvalue weighted by Gasteiger charge is 2.18. The predicted molar refractivity (Wildman–Crippen MR) is 77.5 cm³/mol. The summed E-state index contributed by atoms with van der Waals surface area (Å²) in [5.41, 5.74) is 7.40. The molecule has 0 radical (unpaired) electrons. The van der Waals surface area contributed by atoms with E-state index < -0.39 is 0 Å². The zero-order chi connectivity index (χ0) is 13.8. The second-order valence-corrected chi connectivity index (χ2v) is 5.14. The van der Waals surface area contributed by atoms with Crippen molar-refractivity contribution < 1.29 is 9.53 Å². The van der Waals surface area contributed by atoms with Gasteiger partial charge in [-0.1, -0.05) is 12.1 Å². The molecule has 0 bridgehead atoms. The molecule has 1 aromatic heterocycles. The SMILES string of the molecule is COc1ccsc1C(=O)N(C)Cc1ccc(N)cc1. The number of nitrogens with zero attached hydrogens (tertiary/aromatic N) is 1. The van der Waals surface area contributed by atoms with E-state index in [4.69, 9.17) is 10.5 Å². The van der Waals surface area contributed by atoms with E-state index in [-0.39, 0.29) is 5.91 Å². The zero-order valence-electron chi connectivity index (χ0n) is 10.9. The van der Waals surface area contributed by atoms with Crippen molar-refractivity contribution in [2.75, 3.05) is 19.9 Å². The number of hydrogen-bond acceptors (Lipinski definition) is 4. The van der Waals surface area contributed by atoms with Crippen LogP contribution >= 0.6 is 11.3 Å². The molecule has 0 saturated heterocycles. The Balaban J connectivity index is 2.09. The van der Waals surface area contributed by atoms with Crippen LogP contribution in [0, 0.1) is 0 Å². The minimum absolute atomic E-state index is 0.0383. The number of thiophene rings is 1. The Hall–Kier alpha value is -2.01. The van der Waals surface area contributed by atoms with Crippen molar-refractivity contribution in [2.24, 2.45) is 0 Å². The molecular weight excluding hydrogens is 260 g/mol. The summed E-state index contributed by atoms with van der Waals surface area (Å²) in [6.45, 7) is 0.542. The van der Waals surface area contributed by atoms with Gasteiger partial charge >= 0.3 is 0 Å². The highest BCUT2D eigenvalue weighted by molar-refractivity contribution is 7.12. The summed E-state index contributed by atoms with van der Waals surface area (Å²) in [5.74, 6) is 0.586. The van der Waals surface area contributed by atoms with Crippen LogP contribution in [0.5, 0.6) is 5.75 Å². The molecule has 2 rings (SSSR count). The van der Waals surface area contributed by atoms with Gasteiger partial charge in [0.25, 0.3) is 5.91 Å². The smallest absolute Gasteiger partial charge is 0.267 e. The van der Waals surface area contributed by atoms with Crippen LogP contribution in [-0.4, -0.2) is 25.0 Å². The third kappa shape index (κ3) is 3.06. The molecule has 0 fully saturated rings. The summed E-state index contributed by atoms with van der Waals surface area (Å²) in [6, 6.07) is 9.31. The van der Waals surface area contributed by atoms with Crippen LogP contribution in [0.4, 0.5) is 5.69 Å². The summed E-state index contributed by atoms with van der Waals surface area (Å²) < 4.78 is 5.17. The Morgan fingerprint density at radius 1 is 1.32 bits per heavy atom. The topological polar surface area (TPSA) is 55.6 Å². The van der Waals surface area contributed by atoms with Crippen molar-refractivity contribution in [3.63, 3.8) is 0 Å². The van der Waals surface area contributed by atoms with Gasteiger partial charge in [-0.25, -0.2) is 0 Å². The number of carbonyl (C=O) groups is 1. The number of benzene rings is 1. The van der Waals surface area contributed by atoms with Gasteiger partial charge in [0, 0.05) is 19.3 Å². The molecule has 0 spiro atoms. The lowest BCUT2D eigenvalue weighted by Crippen LogP contribution is -2.25. The van der Waals surface area contributed by atoms with Crippen LogP contribution in [0.2, 0.25) is 0 Å². The summed E-state index contributed by atoms with van der Waals surface area (Å²) in [6.07, 6.45) is 0. The average molecular weight is 276 g/mol. The molecule has 1 aromatic carbocycles. The van der Waals surface area contributed by atoms with Crippen molar-refractivity contribution >= 4 is 22.9 Å². The van der Waals surface area contributed by atoms with Gasteiger partial charge in [-0.3, -0.25) is 4.79 Å². The number of ether oxygens (including phenoxy) is 1. The van der Waals surface area contributed by atoms with Crippen molar-refractivity contribution in [2.45, 2.75) is 6.54 Å². The Kier molecular flexibility index (Phi) is 4.06. The van der Waals surface area contributed by atoms with Crippen molar-refractivity contribution in [1.29, 1.82) is 0 Å². The van der Waals surface area contributed by atoms with E-state index in [1.165, 1.54) is 11.3 Å². The Bertz CT molecular complexity index is 563. The van der Waals surface area contributed by atoms with Crippen LogP contribution in [0.3, 0.4) is 0 Å². The van der Waals surface area contributed by atoms with Gasteiger partial charge in [-0.2, -0.15) is 0 Å². The van der Waals surface area contributed by atoms with E-state index in [0.29, 0.717) is 17.2 Å². The van der Waals surface area contributed by atoms with Gasteiger partial charge in [0.1, 0.15) is 10.6 Å². The lowest BCUT2D eigenvalue weighted by atomic mass is 10.2. The fourth-order valence-corrected chi connectivity index (χ4v) is 2.61. The van der Waals surface area contributed by atoms with E-state index in [1.54, 1.807) is 25.1 Å². The first-order chi connectivity index (χ1) is 9.11. The first kappa shape index (κ1) is 13.4. The molecule has 2 N–H and O–H groups in total. The maximum atomic E-state index is 12.3. The van der Waals surface area contributed by atoms with Gasteiger partial charge in [0.05, 0.1) is 7.11 Å². The predicted octanol–water partition coefficient (Wildman–Crippen LogP) is 2.61. The number of nitrogen functional groups attached to an aromatic ring is 1. The monoisotopic (exact) mass is 276 g/mol. The lowest BCUT2D eigenvalue weighted by Gasteiger charge is -2.17. The lowest BCUT2D eigenvalue weighted by molar-refractivity contribution is 0.0787. The number of anilines is 1. The Morgan fingerprint density at radius 2 is 2.00 bits per heavy atom. The minimum Gasteiger partial charge on any atom is -0.495 e. The second-order valence-electron chi connectivity index (χ2n) is 4.22. The van der Waals surface area contributed by atoms with Crippen LogP contribution < -0.4 is 10.5 Å².